The maximum absolute atomic E-state index is 11.3. The van der Waals surface area contributed by atoms with E-state index in [0.29, 0.717) is 32.4 Å². The molecule has 0 saturated heterocycles. The van der Waals surface area contributed by atoms with Gasteiger partial charge in [0.05, 0.1) is 0 Å². The molecule has 0 spiro atoms. The highest BCUT2D eigenvalue weighted by Crippen LogP contribution is 1.98. The van der Waals surface area contributed by atoms with Crippen LogP contribution in [0.3, 0.4) is 0 Å². The number of methoxy groups -OCH3 is 1. The van der Waals surface area contributed by atoms with Gasteiger partial charge >= 0.3 is 12.0 Å². The number of rotatable bonds is 9. The van der Waals surface area contributed by atoms with Gasteiger partial charge in [0.1, 0.15) is 6.04 Å². The van der Waals surface area contributed by atoms with E-state index >= 15 is 0 Å². The van der Waals surface area contributed by atoms with Crippen molar-refractivity contribution in [2.75, 3.05) is 20.3 Å². The number of amides is 2. The number of ether oxygens (including phenoxy) is 1. The van der Waals surface area contributed by atoms with Gasteiger partial charge in [-0.3, -0.25) is 0 Å². The second-order valence-corrected chi connectivity index (χ2v) is 3.50. The number of aliphatic carboxylic acids is 1. The van der Waals surface area contributed by atoms with Crippen molar-refractivity contribution in [3.63, 3.8) is 0 Å². The Morgan fingerprint density at radius 2 is 2.24 bits per heavy atom. The first-order valence-electron chi connectivity index (χ1n) is 5.48. The number of nitrogens with one attached hydrogen (secondary N) is 2. The highest BCUT2D eigenvalue weighted by atomic mass is 16.5. The molecule has 0 aliphatic rings. The molecule has 1 unspecified atom stereocenters. The smallest absolute Gasteiger partial charge is 0.326 e. The Morgan fingerprint density at radius 3 is 2.76 bits per heavy atom. The van der Waals surface area contributed by atoms with Crippen molar-refractivity contribution < 1.29 is 19.4 Å². The summed E-state index contributed by atoms with van der Waals surface area (Å²) < 4.78 is 4.82. The van der Waals surface area contributed by atoms with E-state index in [1.807, 2.05) is 0 Å². The normalized spacial score (nSPS) is 11.6. The Hall–Kier alpha value is -1.56. The number of hydrogen-bond donors (Lipinski definition) is 3. The van der Waals surface area contributed by atoms with E-state index in [1.54, 1.807) is 13.2 Å². The number of carbonyl (C=O) groups is 2. The Balaban J connectivity index is 3.93. The highest BCUT2D eigenvalue weighted by molar-refractivity contribution is 5.82. The molecule has 0 aliphatic carbocycles. The first-order chi connectivity index (χ1) is 8.11. The van der Waals surface area contributed by atoms with Crippen molar-refractivity contribution in [2.45, 2.75) is 25.3 Å². The molecular formula is C11H20N2O4. The summed E-state index contributed by atoms with van der Waals surface area (Å²) in [6, 6.07) is -1.36. The van der Waals surface area contributed by atoms with Crippen LogP contribution in [0.25, 0.3) is 0 Å². The van der Waals surface area contributed by atoms with Crippen LogP contribution in [0, 0.1) is 0 Å². The molecule has 0 aliphatic heterocycles. The van der Waals surface area contributed by atoms with Crippen LogP contribution in [0.4, 0.5) is 4.79 Å². The molecule has 0 rings (SSSR count). The van der Waals surface area contributed by atoms with E-state index in [4.69, 9.17) is 9.84 Å². The van der Waals surface area contributed by atoms with Crippen molar-refractivity contribution in [3.05, 3.63) is 12.7 Å². The molecule has 0 radical (unpaired) electrons. The number of urea groups is 1. The van der Waals surface area contributed by atoms with Gasteiger partial charge in [0.25, 0.3) is 0 Å². The predicted octanol–water partition coefficient (Wildman–Crippen LogP) is 0.742. The van der Waals surface area contributed by atoms with Crippen LogP contribution in [-0.2, 0) is 9.53 Å². The Morgan fingerprint density at radius 1 is 1.53 bits per heavy atom. The molecule has 0 aromatic carbocycles. The van der Waals surface area contributed by atoms with Crippen molar-refractivity contribution in [1.82, 2.24) is 10.6 Å². The van der Waals surface area contributed by atoms with Crippen LogP contribution in [0.5, 0.6) is 0 Å². The summed E-state index contributed by atoms with van der Waals surface area (Å²) in [7, 11) is 1.55. The molecular weight excluding hydrogens is 224 g/mol. The summed E-state index contributed by atoms with van der Waals surface area (Å²) in [5.41, 5.74) is 0. The zero-order valence-corrected chi connectivity index (χ0v) is 10.1. The average Bonchev–Trinajstić information content (AvgIpc) is 2.28. The largest absolute Gasteiger partial charge is 0.480 e. The van der Waals surface area contributed by atoms with Gasteiger partial charge in [0.15, 0.2) is 0 Å². The molecule has 6 nitrogen and oxygen atoms in total. The summed E-state index contributed by atoms with van der Waals surface area (Å²) in [6.07, 6.45) is 3.25. The highest BCUT2D eigenvalue weighted by Gasteiger charge is 2.18. The van der Waals surface area contributed by atoms with Crippen molar-refractivity contribution in [2.24, 2.45) is 0 Å². The molecule has 6 heteroatoms. The van der Waals surface area contributed by atoms with Gasteiger partial charge < -0.3 is 20.5 Å². The number of carbonyl (C=O) groups excluding carboxylic acids is 1. The predicted molar refractivity (Wildman–Crippen MR) is 63.9 cm³/mol. The van der Waals surface area contributed by atoms with Crippen LogP contribution < -0.4 is 10.6 Å². The first-order valence-corrected chi connectivity index (χ1v) is 5.48. The molecule has 17 heavy (non-hydrogen) atoms. The minimum atomic E-state index is -1.04. The zero-order chi connectivity index (χ0) is 13.1. The Labute approximate surface area is 101 Å². The first kappa shape index (κ1) is 15.4. The summed E-state index contributed by atoms with van der Waals surface area (Å²) in [6.45, 7) is 4.44. The van der Waals surface area contributed by atoms with E-state index in [0.717, 1.165) is 0 Å². The quantitative estimate of drug-likeness (QED) is 0.412. The van der Waals surface area contributed by atoms with Crippen molar-refractivity contribution in [3.8, 4) is 0 Å². The number of carboxylic acids is 1. The van der Waals surface area contributed by atoms with Gasteiger partial charge in [0, 0.05) is 20.3 Å². The van der Waals surface area contributed by atoms with Gasteiger partial charge in [-0.25, -0.2) is 9.59 Å². The van der Waals surface area contributed by atoms with E-state index in [2.05, 4.69) is 17.2 Å². The minimum Gasteiger partial charge on any atom is -0.480 e. The minimum absolute atomic E-state index is 0.345. The lowest BCUT2D eigenvalue weighted by molar-refractivity contribution is -0.139. The summed E-state index contributed by atoms with van der Waals surface area (Å²) in [4.78, 5) is 22.2. The zero-order valence-electron chi connectivity index (χ0n) is 10.1. The standard InChI is InChI=1S/C11H20N2O4/c1-3-4-7-12-11(16)13-9(10(14)15)6-5-8-17-2/h3,9H,1,4-8H2,2H3,(H,14,15)(H2,12,13,16). The molecule has 0 aromatic rings. The van der Waals surface area contributed by atoms with Gasteiger partial charge in [0.2, 0.25) is 0 Å². The lowest BCUT2D eigenvalue weighted by Crippen LogP contribution is -2.46. The number of hydrogen-bond acceptors (Lipinski definition) is 3. The molecule has 3 N–H and O–H groups in total. The van der Waals surface area contributed by atoms with Crippen LogP contribution in [0.1, 0.15) is 19.3 Å². The SMILES string of the molecule is C=CCCNC(=O)NC(CCCOC)C(=O)O. The van der Waals surface area contributed by atoms with E-state index in [1.165, 1.54) is 0 Å². The summed E-state index contributed by atoms with van der Waals surface area (Å²) >= 11 is 0. The van der Waals surface area contributed by atoms with Gasteiger partial charge in [-0.15, -0.1) is 6.58 Å². The van der Waals surface area contributed by atoms with E-state index in [9.17, 15) is 9.59 Å². The van der Waals surface area contributed by atoms with Gasteiger partial charge in [-0.2, -0.15) is 0 Å². The fourth-order valence-corrected chi connectivity index (χ4v) is 1.19. The molecule has 98 valence electrons. The van der Waals surface area contributed by atoms with Crippen LogP contribution in [0.2, 0.25) is 0 Å². The Kier molecular flexibility index (Phi) is 8.77. The Bertz CT molecular complexity index is 256. The second-order valence-electron chi connectivity index (χ2n) is 3.50. The van der Waals surface area contributed by atoms with Gasteiger partial charge in [-0.05, 0) is 19.3 Å². The molecule has 0 bridgehead atoms. The monoisotopic (exact) mass is 244 g/mol. The number of carboxylic acid groups (broad SMARTS) is 1. The average molecular weight is 244 g/mol. The molecule has 1 atom stereocenters. The fourth-order valence-electron chi connectivity index (χ4n) is 1.19. The third kappa shape index (κ3) is 8.27. The molecule has 0 heterocycles. The van der Waals surface area contributed by atoms with Gasteiger partial charge in [-0.1, -0.05) is 6.08 Å². The fraction of sp³-hybridized carbons (Fsp3) is 0.636. The lowest BCUT2D eigenvalue weighted by atomic mass is 10.1. The third-order valence-electron chi connectivity index (χ3n) is 2.08. The van der Waals surface area contributed by atoms with Crippen molar-refractivity contribution >= 4 is 12.0 Å². The second kappa shape index (κ2) is 9.65. The van der Waals surface area contributed by atoms with Crippen LogP contribution >= 0.6 is 0 Å². The summed E-state index contributed by atoms with van der Waals surface area (Å²) in [5.74, 6) is -1.04. The summed E-state index contributed by atoms with van der Waals surface area (Å²) in [5, 5.41) is 13.8. The molecule has 0 aromatic heterocycles. The maximum atomic E-state index is 11.3. The van der Waals surface area contributed by atoms with Crippen molar-refractivity contribution in [1.29, 1.82) is 0 Å². The molecule has 0 saturated carbocycles. The molecule has 2 amide bonds. The third-order valence-corrected chi connectivity index (χ3v) is 2.08. The van der Waals surface area contributed by atoms with Crippen LogP contribution in [0.15, 0.2) is 12.7 Å². The molecule has 0 fully saturated rings. The maximum Gasteiger partial charge on any atom is 0.326 e. The van der Waals surface area contributed by atoms with Crippen LogP contribution in [-0.4, -0.2) is 43.4 Å². The van der Waals surface area contributed by atoms with E-state index < -0.39 is 18.0 Å². The van der Waals surface area contributed by atoms with E-state index in [-0.39, 0.29) is 0 Å². The topological polar surface area (TPSA) is 87.7 Å². The lowest BCUT2D eigenvalue weighted by Gasteiger charge is -2.14.